The van der Waals surface area contributed by atoms with Crippen LogP contribution in [0.4, 0.5) is 0 Å². The summed E-state index contributed by atoms with van der Waals surface area (Å²) in [6.07, 6.45) is 1.22. The molecule has 0 aliphatic rings. The monoisotopic (exact) mass is 327 g/mol. The summed E-state index contributed by atoms with van der Waals surface area (Å²) < 4.78 is 25.4. The molecule has 0 aliphatic heterocycles. The van der Waals surface area contributed by atoms with Crippen molar-refractivity contribution in [3.05, 3.63) is 34.3 Å². The standard InChI is InChI=1S/C10H14ClNO3S.2CH4O/c1-8-4-2-6-10(11)9(8)5-3-7-15-16(12,13)14;2*1-2/h2,4,6H,3,5,7H2,1H3,(H2,12,13,14);2*2H,1H3. The van der Waals surface area contributed by atoms with Crippen LogP contribution in [-0.2, 0) is 20.9 Å². The average Bonchev–Trinajstić information content (AvgIpc) is 2.41. The van der Waals surface area contributed by atoms with Gasteiger partial charge in [0.1, 0.15) is 0 Å². The van der Waals surface area contributed by atoms with Crippen molar-refractivity contribution in [1.82, 2.24) is 0 Å². The molecule has 0 aromatic heterocycles. The van der Waals surface area contributed by atoms with Crippen molar-refractivity contribution >= 4 is 21.9 Å². The van der Waals surface area contributed by atoms with Gasteiger partial charge in [0.2, 0.25) is 0 Å². The molecule has 0 saturated heterocycles. The summed E-state index contributed by atoms with van der Waals surface area (Å²) in [5, 5.41) is 19.4. The Balaban J connectivity index is 0. The molecular weight excluding hydrogens is 306 g/mol. The SMILES string of the molecule is CO.CO.Cc1cccc(Cl)c1CCCOS(N)(=O)=O. The van der Waals surface area contributed by atoms with Crippen LogP contribution in [0, 0.1) is 6.92 Å². The Kier molecular flexibility index (Phi) is 13.0. The molecule has 0 atom stereocenters. The lowest BCUT2D eigenvalue weighted by Crippen LogP contribution is -2.16. The predicted molar refractivity (Wildman–Crippen MR) is 79.9 cm³/mol. The molecule has 0 fully saturated rings. The first kappa shape index (κ1) is 21.6. The lowest BCUT2D eigenvalue weighted by atomic mass is 10.0. The zero-order valence-corrected chi connectivity index (χ0v) is 13.4. The number of nitrogens with two attached hydrogens (primary N) is 1. The maximum Gasteiger partial charge on any atom is 0.333 e. The molecule has 118 valence electrons. The highest BCUT2D eigenvalue weighted by atomic mass is 35.5. The van der Waals surface area contributed by atoms with Crippen LogP contribution in [0.3, 0.4) is 0 Å². The maximum atomic E-state index is 10.5. The van der Waals surface area contributed by atoms with Crippen LogP contribution in [0.25, 0.3) is 0 Å². The van der Waals surface area contributed by atoms with Gasteiger partial charge in [0.05, 0.1) is 6.61 Å². The summed E-state index contributed by atoms with van der Waals surface area (Å²) in [6, 6.07) is 5.65. The van der Waals surface area contributed by atoms with Crippen LogP contribution in [0.1, 0.15) is 17.5 Å². The van der Waals surface area contributed by atoms with E-state index in [0.717, 1.165) is 25.3 Å². The van der Waals surface area contributed by atoms with Gasteiger partial charge in [0.15, 0.2) is 0 Å². The zero-order chi connectivity index (χ0) is 16.2. The zero-order valence-electron chi connectivity index (χ0n) is 11.8. The van der Waals surface area contributed by atoms with Crippen LogP contribution < -0.4 is 5.14 Å². The predicted octanol–water partition coefficient (Wildman–Crippen LogP) is 1.02. The molecular formula is C12H22ClNO5S. The summed E-state index contributed by atoms with van der Waals surface area (Å²) in [4.78, 5) is 0. The topological polar surface area (TPSA) is 110 Å². The molecule has 0 heterocycles. The molecule has 0 spiro atoms. The van der Waals surface area contributed by atoms with Gasteiger partial charge in [0.25, 0.3) is 0 Å². The molecule has 1 aromatic rings. The fourth-order valence-electron chi connectivity index (χ4n) is 1.41. The van der Waals surface area contributed by atoms with Crippen molar-refractivity contribution in [2.75, 3.05) is 20.8 Å². The van der Waals surface area contributed by atoms with Crippen LogP contribution in [0.5, 0.6) is 0 Å². The Bertz CT molecular complexity index is 445. The molecule has 0 unspecified atom stereocenters. The second kappa shape index (κ2) is 12.1. The van der Waals surface area contributed by atoms with Crippen LogP contribution in [0.2, 0.25) is 5.02 Å². The third-order valence-electron chi connectivity index (χ3n) is 2.17. The van der Waals surface area contributed by atoms with E-state index in [4.69, 9.17) is 27.0 Å². The van der Waals surface area contributed by atoms with E-state index in [0.29, 0.717) is 17.9 Å². The number of rotatable bonds is 5. The number of hydrogen-bond acceptors (Lipinski definition) is 5. The molecule has 4 N–H and O–H groups in total. The lowest BCUT2D eigenvalue weighted by molar-refractivity contribution is 0.313. The van der Waals surface area contributed by atoms with E-state index < -0.39 is 10.3 Å². The smallest absolute Gasteiger partial charge is 0.333 e. The Morgan fingerprint density at radius 2 is 1.80 bits per heavy atom. The van der Waals surface area contributed by atoms with Crippen molar-refractivity contribution in [3.8, 4) is 0 Å². The van der Waals surface area contributed by atoms with E-state index in [1.807, 2.05) is 25.1 Å². The number of aliphatic hydroxyl groups excluding tert-OH is 2. The largest absolute Gasteiger partial charge is 0.400 e. The molecule has 0 saturated carbocycles. The molecule has 1 rings (SSSR count). The van der Waals surface area contributed by atoms with Crippen LogP contribution in [0.15, 0.2) is 18.2 Å². The van der Waals surface area contributed by atoms with Gasteiger partial charge in [0, 0.05) is 19.2 Å². The third-order valence-corrected chi connectivity index (χ3v) is 3.02. The highest BCUT2D eigenvalue weighted by Gasteiger charge is 2.05. The molecule has 0 amide bonds. The van der Waals surface area contributed by atoms with Gasteiger partial charge in [-0.2, -0.15) is 8.42 Å². The second-order valence-corrected chi connectivity index (χ2v) is 5.08. The fraction of sp³-hybridized carbons (Fsp3) is 0.500. The van der Waals surface area contributed by atoms with Crippen molar-refractivity contribution in [1.29, 1.82) is 0 Å². The van der Waals surface area contributed by atoms with Gasteiger partial charge in [-0.15, -0.1) is 0 Å². The maximum absolute atomic E-state index is 10.5. The van der Waals surface area contributed by atoms with Gasteiger partial charge in [-0.3, -0.25) is 4.18 Å². The normalized spacial score (nSPS) is 9.95. The summed E-state index contributed by atoms with van der Waals surface area (Å²) in [5.74, 6) is 0. The fourth-order valence-corrected chi connectivity index (χ4v) is 2.07. The minimum absolute atomic E-state index is 0.0729. The average molecular weight is 328 g/mol. The Morgan fingerprint density at radius 1 is 1.25 bits per heavy atom. The Labute approximate surface area is 125 Å². The second-order valence-electron chi connectivity index (χ2n) is 3.45. The number of hydrogen-bond donors (Lipinski definition) is 3. The van der Waals surface area contributed by atoms with Crippen LogP contribution in [-0.4, -0.2) is 39.5 Å². The number of aryl methyl sites for hydroxylation is 1. The molecule has 8 heteroatoms. The number of benzene rings is 1. The van der Waals surface area contributed by atoms with Gasteiger partial charge in [-0.25, -0.2) is 5.14 Å². The molecule has 0 bridgehead atoms. The van der Waals surface area contributed by atoms with Crippen molar-refractivity contribution in [2.24, 2.45) is 5.14 Å². The van der Waals surface area contributed by atoms with E-state index in [-0.39, 0.29) is 6.61 Å². The van der Waals surface area contributed by atoms with E-state index in [1.165, 1.54) is 0 Å². The minimum Gasteiger partial charge on any atom is -0.400 e. The Morgan fingerprint density at radius 3 is 2.25 bits per heavy atom. The minimum atomic E-state index is -3.83. The number of halogens is 1. The van der Waals surface area contributed by atoms with Gasteiger partial charge >= 0.3 is 10.3 Å². The molecule has 20 heavy (non-hydrogen) atoms. The van der Waals surface area contributed by atoms with E-state index in [1.54, 1.807) is 0 Å². The first-order chi connectivity index (χ1) is 9.40. The van der Waals surface area contributed by atoms with Gasteiger partial charge in [-0.05, 0) is 37.0 Å². The summed E-state index contributed by atoms with van der Waals surface area (Å²) in [5.41, 5.74) is 2.10. The van der Waals surface area contributed by atoms with Crippen molar-refractivity contribution < 1.29 is 22.8 Å². The highest BCUT2D eigenvalue weighted by molar-refractivity contribution is 7.84. The van der Waals surface area contributed by atoms with Crippen molar-refractivity contribution in [2.45, 2.75) is 19.8 Å². The summed E-state index contributed by atoms with van der Waals surface area (Å²) in [7, 11) is -1.83. The first-order valence-corrected chi connectivity index (χ1v) is 7.55. The number of aliphatic hydroxyl groups is 2. The Hall–Kier alpha value is -0.700. The molecule has 0 aliphatic carbocycles. The van der Waals surface area contributed by atoms with E-state index in [9.17, 15) is 8.42 Å². The van der Waals surface area contributed by atoms with Crippen LogP contribution >= 0.6 is 11.6 Å². The lowest BCUT2D eigenvalue weighted by Gasteiger charge is -2.07. The van der Waals surface area contributed by atoms with Gasteiger partial charge in [-0.1, -0.05) is 23.7 Å². The summed E-state index contributed by atoms with van der Waals surface area (Å²) in [6.45, 7) is 2.03. The highest BCUT2D eigenvalue weighted by Crippen LogP contribution is 2.20. The van der Waals surface area contributed by atoms with E-state index in [2.05, 4.69) is 4.18 Å². The van der Waals surface area contributed by atoms with Crippen molar-refractivity contribution in [3.63, 3.8) is 0 Å². The third kappa shape index (κ3) is 10.1. The quantitative estimate of drug-likeness (QED) is 0.699. The molecule has 6 nitrogen and oxygen atoms in total. The van der Waals surface area contributed by atoms with Gasteiger partial charge < -0.3 is 10.2 Å². The summed E-state index contributed by atoms with van der Waals surface area (Å²) >= 11 is 6.01. The first-order valence-electron chi connectivity index (χ1n) is 5.71. The molecule has 1 aromatic carbocycles. The van der Waals surface area contributed by atoms with E-state index >= 15 is 0 Å². The molecule has 0 radical (unpaired) electrons.